The lowest BCUT2D eigenvalue weighted by atomic mass is 9.84. The largest absolute Gasteiger partial charge is 0.340 e. The number of benzene rings is 1. The zero-order chi connectivity index (χ0) is 20.9. The third kappa shape index (κ3) is 5.68. The molecule has 1 saturated heterocycles. The average Bonchev–Trinajstić information content (AvgIpc) is 2.73. The van der Waals surface area contributed by atoms with Crippen molar-refractivity contribution < 1.29 is 4.79 Å². The predicted octanol–water partition coefficient (Wildman–Crippen LogP) is 3.62. The van der Waals surface area contributed by atoms with E-state index in [2.05, 4.69) is 65.2 Å². The third-order valence-electron chi connectivity index (χ3n) is 5.71. The molecule has 0 saturated carbocycles. The lowest BCUT2D eigenvalue weighted by Gasteiger charge is -2.34. The maximum Gasteiger partial charge on any atom is 0.317 e. The molecular weight excluding hydrogens is 362 g/mol. The van der Waals surface area contributed by atoms with E-state index in [1.165, 1.54) is 11.1 Å². The number of aryl methyl sites for hydroxylation is 1. The fourth-order valence-corrected chi connectivity index (χ4v) is 4.00. The zero-order valence-electron chi connectivity index (χ0n) is 18.1. The second kappa shape index (κ2) is 9.25. The summed E-state index contributed by atoms with van der Waals surface area (Å²) in [4.78, 5) is 25.4. The number of hydrogen-bond acceptors (Lipinski definition) is 4. The van der Waals surface area contributed by atoms with Gasteiger partial charge in [0.1, 0.15) is 0 Å². The molecule has 156 valence electrons. The van der Waals surface area contributed by atoms with Gasteiger partial charge in [-0.2, -0.15) is 0 Å². The van der Waals surface area contributed by atoms with E-state index in [0.717, 1.165) is 31.9 Å². The average molecular weight is 396 g/mol. The molecule has 0 spiro atoms. The van der Waals surface area contributed by atoms with E-state index >= 15 is 0 Å². The first-order valence-corrected chi connectivity index (χ1v) is 10.4. The van der Waals surface area contributed by atoms with Gasteiger partial charge in [-0.3, -0.25) is 0 Å². The smallest absolute Gasteiger partial charge is 0.317 e. The van der Waals surface area contributed by atoms with Crippen molar-refractivity contribution in [1.82, 2.24) is 20.2 Å². The van der Waals surface area contributed by atoms with Crippen LogP contribution in [0.15, 0.2) is 42.7 Å². The van der Waals surface area contributed by atoms with Crippen molar-refractivity contribution in [3.63, 3.8) is 0 Å². The second-order valence-electron chi connectivity index (χ2n) is 8.80. The number of rotatable bonds is 6. The summed E-state index contributed by atoms with van der Waals surface area (Å²) in [7, 11) is 1.87. The number of hydrogen-bond donors (Lipinski definition) is 1. The van der Waals surface area contributed by atoms with E-state index in [1.807, 2.05) is 13.1 Å². The summed E-state index contributed by atoms with van der Waals surface area (Å²) in [6.07, 6.45) is 5.76. The minimum atomic E-state index is -0.105. The van der Waals surface area contributed by atoms with Crippen molar-refractivity contribution in [3.05, 3.63) is 53.9 Å². The number of nitrogens with one attached hydrogen (secondary N) is 1. The number of likely N-dealkylation sites (N-methyl/N-ethyl adjacent to an activating group) is 1. The van der Waals surface area contributed by atoms with Gasteiger partial charge in [0.2, 0.25) is 5.95 Å². The van der Waals surface area contributed by atoms with E-state index in [-0.39, 0.29) is 11.4 Å². The summed E-state index contributed by atoms with van der Waals surface area (Å²) in [6, 6.07) is 10.4. The Morgan fingerprint density at radius 3 is 2.62 bits per heavy atom. The molecule has 1 aromatic heterocycles. The fourth-order valence-electron chi connectivity index (χ4n) is 4.00. The van der Waals surface area contributed by atoms with Crippen molar-refractivity contribution >= 4 is 12.0 Å². The topological polar surface area (TPSA) is 61.4 Å². The Morgan fingerprint density at radius 1 is 1.24 bits per heavy atom. The Bertz CT molecular complexity index is 791. The standard InChI is InChI=1S/C23H33N5O/c1-18-8-10-20(11-9-18)23(2,3)17-27(4)22(29)26-15-19-7-5-14-28(16-19)21-24-12-6-13-25-21/h6,8-13,19H,5,7,14-17H2,1-4H3,(H,26,29). The van der Waals surface area contributed by atoms with Gasteiger partial charge < -0.3 is 15.1 Å². The highest BCUT2D eigenvalue weighted by Crippen LogP contribution is 2.24. The number of carbonyl (C=O) groups is 1. The van der Waals surface area contributed by atoms with E-state index in [9.17, 15) is 4.79 Å². The molecule has 2 amide bonds. The Hall–Kier alpha value is -2.63. The molecule has 6 heteroatoms. The first-order valence-electron chi connectivity index (χ1n) is 10.4. The van der Waals surface area contributed by atoms with Crippen LogP contribution in [0.1, 0.15) is 37.8 Å². The van der Waals surface area contributed by atoms with Gasteiger partial charge >= 0.3 is 6.03 Å². The highest BCUT2D eigenvalue weighted by atomic mass is 16.2. The number of aromatic nitrogens is 2. The number of anilines is 1. The van der Waals surface area contributed by atoms with Crippen molar-refractivity contribution in [3.8, 4) is 0 Å². The van der Waals surface area contributed by atoms with Crippen molar-refractivity contribution in [2.75, 3.05) is 38.1 Å². The maximum atomic E-state index is 12.7. The lowest BCUT2D eigenvalue weighted by molar-refractivity contribution is 0.196. The van der Waals surface area contributed by atoms with Crippen LogP contribution in [0.25, 0.3) is 0 Å². The lowest BCUT2D eigenvalue weighted by Crippen LogP contribution is -2.47. The van der Waals surface area contributed by atoms with Crippen molar-refractivity contribution in [2.45, 2.75) is 39.0 Å². The maximum absolute atomic E-state index is 12.7. The number of amides is 2. The molecule has 1 atom stereocenters. The molecule has 1 unspecified atom stereocenters. The van der Waals surface area contributed by atoms with Gasteiger partial charge in [0, 0.05) is 51.0 Å². The summed E-state index contributed by atoms with van der Waals surface area (Å²) < 4.78 is 0. The van der Waals surface area contributed by atoms with E-state index in [1.54, 1.807) is 17.3 Å². The summed E-state index contributed by atoms with van der Waals surface area (Å²) in [5.41, 5.74) is 2.39. The van der Waals surface area contributed by atoms with Crippen molar-refractivity contribution in [2.24, 2.45) is 5.92 Å². The molecule has 29 heavy (non-hydrogen) atoms. The molecule has 1 fully saturated rings. The molecule has 1 N–H and O–H groups in total. The summed E-state index contributed by atoms with van der Waals surface area (Å²) >= 11 is 0. The van der Waals surface area contributed by atoms with Crippen LogP contribution in [0.5, 0.6) is 0 Å². The normalized spacial score (nSPS) is 17.1. The van der Waals surface area contributed by atoms with Gasteiger partial charge in [-0.15, -0.1) is 0 Å². The van der Waals surface area contributed by atoms with Crippen LogP contribution in [0.4, 0.5) is 10.7 Å². The van der Waals surface area contributed by atoms with Crippen molar-refractivity contribution in [1.29, 1.82) is 0 Å². The molecule has 3 rings (SSSR count). The SMILES string of the molecule is Cc1ccc(C(C)(C)CN(C)C(=O)NCC2CCCN(c3ncccn3)C2)cc1. The van der Waals surface area contributed by atoms with Gasteiger partial charge in [0.05, 0.1) is 0 Å². The first-order chi connectivity index (χ1) is 13.8. The third-order valence-corrected chi connectivity index (χ3v) is 5.71. The van der Waals surface area contributed by atoms with Crippen LogP contribution in [0.2, 0.25) is 0 Å². The molecule has 1 aliphatic heterocycles. The van der Waals surface area contributed by atoms with Crippen LogP contribution < -0.4 is 10.2 Å². The van der Waals surface area contributed by atoms with Crippen LogP contribution in [-0.4, -0.2) is 54.1 Å². The molecule has 0 bridgehead atoms. The minimum absolute atomic E-state index is 0.0155. The number of carbonyl (C=O) groups excluding carboxylic acids is 1. The fraction of sp³-hybridized carbons (Fsp3) is 0.522. The predicted molar refractivity (Wildman–Crippen MR) is 117 cm³/mol. The second-order valence-corrected chi connectivity index (χ2v) is 8.80. The highest BCUT2D eigenvalue weighted by Gasteiger charge is 2.26. The summed E-state index contributed by atoms with van der Waals surface area (Å²) in [5.74, 6) is 1.19. The van der Waals surface area contributed by atoms with E-state index in [4.69, 9.17) is 0 Å². The molecule has 2 heterocycles. The Labute approximate surface area is 174 Å². The van der Waals surface area contributed by atoms with Crippen LogP contribution in [-0.2, 0) is 5.41 Å². The summed E-state index contributed by atoms with van der Waals surface area (Å²) in [5, 5.41) is 3.13. The van der Waals surface area contributed by atoms with Gasteiger partial charge in [-0.25, -0.2) is 14.8 Å². The Kier molecular flexibility index (Phi) is 6.72. The van der Waals surface area contributed by atoms with Gasteiger partial charge in [0.25, 0.3) is 0 Å². The van der Waals surface area contributed by atoms with E-state index in [0.29, 0.717) is 19.0 Å². The van der Waals surface area contributed by atoms with Crippen LogP contribution in [0, 0.1) is 12.8 Å². The Balaban J connectivity index is 1.50. The molecule has 1 aliphatic rings. The van der Waals surface area contributed by atoms with Gasteiger partial charge in [0.15, 0.2) is 0 Å². The molecule has 2 aromatic rings. The van der Waals surface area contributed by atoms with Gasteiger partial charge in [-0.1, -0.05) is 43.7 Å². The zero-order valence-corrected chi connectivity index (χ0v) is 18.1. The quantitative estimate of drug-likeness (QED) is 0.811. The minimum Gasteiger partial charge on any atom is -0.340 e. The highest BCUT2D eigenvalue weighted by molar-refractivity contribution is 5.74. The molecule has 1 aromatic carbocycles. The molecular formula is C23H33N5O. The number of urea groups is 1. The molecule has 0 radical (unpaired) electrons. The summed E-state index contributed by atoms with van der Waals surface area (Å²) in [6.45, 7) is 9.64. The molecule has 6 nitrogen and oxygen atoms in total. The molecule has 0 aliphatic carbocycles. The first kappa shape index (κ1) is 21.1. The van der Waals surface area contributed by atoms with E-state index < -0.39 is 0 Å². The number of piperidine rings is 1. The van der Waals surface area contributed by atoms with Crippen LogP contribution in [0.3, 0.4) is 0 Å². The van der Waals surface area contributed by atoms with Gasteiger partial charge in [-0.05, 0) is 37.3 Å². The monoisotopic (exact) mass is 395 g/mol. The number of nitrogens with zero attached hydrogens (tertiary/aromatic N) is 4. The Morgan fingerprint density at radius 2 is 1.93 bits per heavy atom. The van der Waals surface area contributed by atoms with Crippen LogP contribution >= 0.6 is 0 Å².